The molecule has 0 saturated carbocycles. The molecule has 0 aliphatic carbocycles. The van der Waals surface area contributed by atoms with E-state index in [1.165, 1.54) is 0 Å². The molecule has 0 atom stereocenters. The third-order valence-corrected chi connectivity index (χ3v) is 0.610. The Morgan fingerprint density at radius 3 is 2.22 bits per heavy atom. The van der Waals surface area contributed by atoms with Gasteiger partial charge in [0.05, 0.1) is 6.61 Å². The van der Waals surface area contributed by atoms with Gasteiger partial charge in [0.15, 0.2) is 0 Å². The quantitative estimate of drug-likeness (QED) is 0.273. The van der Waals surface area contributed by atoms with E-state index < -0.39 is 0 Å². The van der Waals surface area contributed by atoms with Gasteiger partial charge in [-0.25, -0.2) is 0 Å². The van der Waals surface area contributed by atoms with Gasteiger partial charge >= 0.3 is 29.6 Å². The molecule has 0 bridgehead atoms. The van der Waals surface area contributed by atoms with Crippen LogP contribution in [0.1, 0.15) is 0 Å². The van der Waals surface area contributed by atoms with E-state index in [4.69, 9.17) is 10.8 Å². The van der Waals surface area contributed by atoms with Crippen LogP contribution in [-0.4, -0.2) is 36.8 Å². The maximum atomic E-state index is 8.19. The number of nitrogens with one attached hydrogen (secondary N) is 1. The van der Waals surface area contributed by atoms with Gasteiger partial charge in [-0.05, 0) is 0 Å². The first-order valence-corrected chi connectivity index (χ1v) is 2.43. The Kier molecular flexibility index (Phi) is 29.1. The molecule has 0 saturated heterocycles. The Labute approximate surface area is 77.4 Å². The molecule has 0 aliphatic heterocycles. The molecule has 0 heterocycles. The van der Waals surface area contributed by atoms with Crippen LogP contribution in [0.3, 0.4) is 0 Å². The van der Waals surface area contributed by atoms with Crippen molar-refractivity contribution in [3.63, 3.8) is 0 Å². The fraction of sp³-hybridized carbons (Fsp3) is 1.00. The van der Waals surface area contributed by atoms with Gasteiger partial charge in [-0.15, -0.1) is 0 Å². The van der Waals surface area contributed by atoms with Gasteiger partial charge in [-0.2, -0.15) is 0 Å². The molecule has 0 aromatic rings. The third kappa shape index (κ3) is 17.7. The fourth-order valence-electron chi connectivity index (χ4n) is 0.306. The first-order valence-electron chi connectivity index (χ1n) is 2.43. The second-order valence-electron chi connectivity index (χ2n) is 1.26. The van der Waals surface area contributed by atoms with Crippen LogP contribution in [0.2, 0.25) is 0 Å². The molecule has 9 heavy (non-hydrogen) atoms. The molecule has 0 aromatic carbocycles. The van der Waals surface area contributed by atoms with Gasteiger partial charge in [-0.3, -0.25) is 0 Å². The van der Waals surface area contributed by atoms with Crippen molar-refractivity contribution in [3.05, 3.63) is 0 Å². The first kappa shape index (κ1) is 16.4. The first-order chi connectivity index (χ1) is 3.41. The predicted octanol–water partition coefficient (Wildman–Crippen LogP) is -4.65. The molecule has 0 amide bonds. The second kappa shape index (κ2) is 15.9. The maximum Gasteiger partial charge on any atom is 1.00 e. The van der Waals surface area contributed by atoms with Crippen molar-refractivity contribution in [2.75, 3.05) is 26.2 Å². The Morgan fingerprint density at radius 2 is 1.89 bits per heavy atom. The van der Waals surface area contributed by atoms with E-state index >= 15 is 0 Å². The van der Waals surface area contributed by atoms with Gasteiger partial charge in [0.2, 0.25) is 0 Å². The zero-order valence-electron chi connectivity index (χ0n) is 5.80. The van der Waals surface area contributed by atoms with Crippen molar-refractivity contribution in [2.24, 2.45) is 5.73 Å². The number of rotatable bonds is 4. The minimum absolute atomic E-state index is 0. The maximum absolute atomic E-state index is 8.19. The smallest absolute Gasteiger partial charge is 0.870 e. The molecule has 0 spiro atoms. The van der Waals surface area contributed by atoms with Gasteiger partial charge in [-0.1, -0.05) is 0 Å². The summed E-state index contributed by atoms with van der Waals surface area (Å²) in [6, 6.07) is 0. The van der Waals surface area contributed by atoms with E-state index in [0.717, 1.165) is 6.54 Å². The van der Waals surface area contributed by atoms with Crippen molar-refractivity contribution in [2.45, 2.75) is 0 Å². The molecular weight excluding hydrogens is 131 g/mol. The van der Waals surface area contributed by atoms with Gasteiger partial charge < -0.3 is 21.6 Å². The molecule has 0 aromatic heterocycles. The summed E-state index contributed by atoms with van der Waals surface area (Å²) in [5, 5.41) is 11.1. The number of aliphatic hydroxyl groups is 1. The molecule has 0 radical (unpaired) electrons. The summed E-state index contributed by atoms with van der Waals surface area (Å²) in [6.45, 7) is 2.28. The summed E-state index contributed by atoms with van der Waals surface area (Å²) < 4.78 is 0. The Hall–Kier alpha value is 0.840. The minimum atomic E-state index is 0. The molecule has 4 nitrogen and oxygen atoms in total. The fourth-order valence-corrected chi connectivity index (χ4v) is 0.306. The number of nitrogens with two attached hydrogens (primary N) is 1. The number of aliphatic hydroxyl groups excluding tert-OH is 1. The van der Waals surface area contributed by atoms with E-state index in [-0.39, 0.29) is 41.6 Å². The van der Waals surface area contributed by atoms with Crippen LogP contribution in [-0.2, 0) is 0 Å². The SMILES string of the molecule is NCCNCCO.[Na+].[OH-]. The van der Waals surface area contributed by atoms with Crippen LogP contribution < -0.4 is 40.6 Å². The van der Waals surface area contributed by atoms with Crippen LogP contribution in [0.25, 0.3) is 0 Å². The molecule has 0 aliphatic rings. The van der Waals surface area contributed by atoms with E-state index in [0.29, 0.717) is 13.1 Å². The summed E-state index contributed by atoms with van der Waals surface area (Å²) >= 11 is 0. The summed E-state index contributed by atoms with van der Waals surface area (Å²) in [7, 11) is 0. The number of hydrogen-bond acceptors (Lipinski definition) is 4. The summed E-state index contributed by atoms with van der Waals surface area (Å²) in [5.74, 6) is 0. The normalized spacial score (nSPS) is 7.33. The molecular formula is C4H13N2NaO2. The van der Waals surface area contributed by atoms with Gasteiger partial charge in [0, 0.05) is 19.6 Å². The van der Waals surface area contributed by atoms with E-state index in [9.17, 15) is 0 Å². The second-order valence-corrected chi connectivity index (χ2v) is 1.26. The van der Waals surface area contributed by atoms with Crippen molar-refractivity contribution in [1.29, 1.82) is 0 Å². The number of hydrogen-bond donors (Lipinski definition) is 3. The van der Waals surface area contributed by atoms with Crippen molar-refractivity contribution in [3.8, 4) is 0 Å². The average Bonchev–Trinajstić information content (AvgIpc) is 1.69. The molecule has 52 valence electrons. The average molecular weight is 144 g/mol. The van der Waals surface area contributed by atoms with E-state index in [2.05, 4.69) is 5.32 Å². The van der Waals surface area contributed by atoms with Crippen LogP contribution in [0.4, 0.5) is 0 Å². The van der Waals surface area contributed by atoms with E-state index in [1.54, 1.807) is 0 Å². The Bertz CT molecular complexity index is 35.7. The summed E-state index contributed by atoms with van der Waals surface area (Å²) in [6.07, 6.45) is 0. The zero-order valence-corrected chi connectivity index (χ0v) is 7.80. The Balaban J connectivity index is -0.000000180. The van der Waals surface area contributed by atoms with Crippen LogP contribution in [0.15, 0.2) is 0 Å². The molecule has 5 heteroatoms. The third-order valence-electron chi connectivity index (χ3n) is 0.610. The van der Waals surface area contributed by atoms with Crippen LogP contribution in [0.5, 0.6) is 0 Å². The minimum Gasteiger partial charge on any atom is -0.870 e. The predicted molar refractivity (Wildman–Crippen MR) is 30.9 cm³/mol. The molecule has 0 unspecified atom stereocenters. The largest absolute Gasteiger partial charge is 1.00 e. The van der Waals surface area contributed by atoms with Crippen molar-refractivity contribution < 1.29 is 40.1 Å². The zero-order chi connectivity index (χ0) is 5.54. The molecule has 0 fully saturated rings. The summed E-state index contributed by atoms with van der Waals surface area (Å²) in [4.78, 5) is 0. The van der Waals surface area contributed by atoms with Crippen molar-refractivity contribution in [1.82, 2.24) is 5.32 Å². The van der Waals surface area contributed by atoms with Gasteiger partial charge in [0.1, 0.15) is 0 Å². The van der Waals surface area contributed by atoms with E-state index in [1.807, 2.05) is 0 Å². The van der Waals surface area contributed by atoms with Crippen LogP contribution >= 0.6 is 0 Å². The van der Waals surface area contributed by atoms with Crippen molar-refractivity contribution >= 4 is 0 Å². The molecule has 5 N–H and O–H groups in total. The standard InChI is InChI=1S/C4H12N2O.Na.H2O/c5-1-2-6-3-4-7;;/h6-7H,1-5H2;;1H2/q;+1;/p-1. The topological polar surface area (TPSA) is 88.3 Å². The van der Waals surface area contributed by atoms with Crippen LogP contribution in [0, 0.1) is 0 Å². The Morgan fingerprint density at radius 1 is 1.33 bits per heavy atom. The summed E-state index contributed by atoms with van der Waals surface area (Å²) in [5.41, 5.74) is 5.13. The van der Waals surface area contributed by atoms with Gasteiger partial charge in [0.25, 0.3) is 0 Å². The molecule has 0 rings (SSSR count). The monoisotopic (exact) mass is 144 g/mol.